The third-order valence-corrected chi connectivity index (χ3v) is 2.36. The van der Waals surface area contributed by atoms with E-state index < -0.39 is 5.92 Å². The lowest BCUT2D eigenvalue weighted by atomic mass is 10.2. The monoisotopic (exact) mass is 226 g/mol. The molecule has 0 fully saturated rings. The standard InChI is InChI=1S/C9H16F2O2S/c1-8(12)13-7-14-6-4-3-5-9(2,10)11/h3-7H2,1-2H3. The molecular weight excluding hydrogens is 210 g/mol. The summed E-state index contributed by atoms with van der Waals surface area (Å²) in [7, 11) is 0. The van der Waals surface area contributed by atoms with Crippen molar-refractivity contribution in [1.82, 2.24) is 0 Å². The summed E-state index contributed by atoms with van der Waals surface area (Å²) in [4.78, 5) is 10.3. The van der Waals surface area contributed by atoms with E-state index in [4.69, 9.17) is 0 Å². The van der Waals surface area contributed by atoms with Crippen molar-refractivity contribution in [3.05, 3.63) is 0 Å². The Hall–Kier alpha value is -0.320. The minimum atomic E-state index is -2.56. The van der Waals surface area contributed by atoms with Gasteiger partial charge in [-0.3, -0.25) is 4.79 Å². The van der Waals surface area contributed by atoms with E-state index in [2.05, 4.69) is 4.74 Å². The summed E-state index contributed by atoms with van der Waals surface area (Å²) >= 11 is 1.44. The van der Waals surface area contributed by atoms with E-state index in [0.717, 1.165) is 19.1 Å². The van der Waals surface area contributed by atoms with Crippen LogP contribution in [0, 0.1) is 0 Å². The van der Waals surface area contributed by atoms with Crippen LogP contribution in [0.15, 0.2) is 0 Å². The molecule has 0 N–H and O–H groups in total. The Morgan fingerprint density at radius 3 is 2.57 bits per heavy atom. The lowest BCUT2D eigenvalue weighted by molar-refractivity contribution is -0.138. The van der Waals surface area contributed by atoms with Crippen LogP contribution in [0.3, 0.4) is 0 Å². The Labute approximate surface area is 87.4 Å². The molecule has 0 aromatic heterocycles. The second-order valence-electron chi connectivity index (χ2n) is 3.19. The number of carbonyl (C=O) groups is 1. The Morgan fingerprint density at radius 2 is 2.07 bits per heavy atom. The molecule has 0 spiro atoms. The van der Waals surface area contributed by atoms with Gasteiger partial charge in [-0.1, -0.05) is 0 Å². The molecule has 0 aliphatic carbocycles. The first-order chi connectivity index (χ1) is 6.42. The third kappa shape index (κ3) is 11.7. The molecule has 14 heavy (non-hydrogen) atoms. The van der Waals surface area contributed by atoms with Crippen molar-refractivity contribution < 1.29 is 18.3 Å². The Bertz CT molecular complexity index is 169. The van der Waals surface area contributed by atoms with Gasteiger partial charge in [-0.05, 0) is 25.5 Å². The van der Waals surface area contributed by atoms with Crippen LogP contribution in [-0.4, -0.2) is 23.6 Å². The normalized spacial score (nSPS) is 11.4. The number of hydrogen-bond acceptors (Lipinski definition) is 3. The number of thioether (sulfide) groups is 1. The quantitative estimate of drug-likeness (QED) is 0.379. The zero-order valence-electron chi connectivity index (χ0n) is 8.52. The maximum absolute atomic E-state index is 12.3. The van der Waals surface area contributed by atoms with Crippen LogP contribution < -0.4 is 0 Å². The van der Waals surface area contributed by atoms with Crippen molar-refractivity contribution in [2.45, 2.75) is 39.0 Å². The average Bonchev–Trinajstić information content (AvgIpc) is 2.00. The Balaban J connectivity index is 3.11. The molecule has 0 unspecified atom stereocenters. The van der Waals surface area contributed by atoms with Gasteiger partial charge in [-0.15, -0.1) is 11.8 Å². The van der Waals surface area contributed by atoms with Crippen LogP contribution >= 0.6 is 11.8 Å². The Morgan fingerprint density at radius 1 is 1.43 bits per heavy atom. The molecule has 0 aromatic rings. The minimum Gasteiger partial charge on any atom is -0.455 e. The molecule has 0 radical (unpaired) electrons. The lowest BCUT2D eigenvalue weighted by Crippen LogP contribution is -2.08. The molecule has 0 saturated carbocycles. The van der Waals surface area contributed by atoms with E-state index in [-0.39, 0.29) is 12.4 Å². The number of carbonyl (C=O) groups excluding carboxylic acids is 1. The van der Waals surface area contributed by atoms with Crippen molar-refractivity contribution in [3.8, 4) is 0 Å². The molecule has 0 atom stereocenters. The molecule has 0 saturated heterocycles. The fraction of sp³-hybridized carbons (Fsp3) is 0.889. The van der Waals surface area contributed by atoms with Gasteiger partial charge in [0.1, 0.15) is 5.94 Å². The first kappa shape index (κ1) is 13.7. The molecule has 0 aliphatic rings. The van der Waals surface area contributed by atoms with E-state index >= 15 is 0 Å². The molecule has 5 heteroatoms. The van der Waals surface area contributed by atoms with Crippen molar-refractivity contribution in [2.24, 2.45) is 0 Å². The zero-order valence-corrected chi connectivity index (χ0v) is 9.33. The summed E-state index contributed by atoms with van der Waals surface area (Å²) in [5.41, 5.74) is 0. The van der Waals surface area contributed by atoms with Crippen molar-refractivity contribution in [1.29, 1.82) is 0 Å². The summed E-state index contributed by atoms with van der Waals surface area (Å²) < 4.78 is 29.3. The topological polar surface area (TPSA) is 26.3 Å². The fourth-order valence-corrected chi connectivity index (χ4v) is 1.60. The summed E-state index contributed by atoms with van der Waals surface area (Å²) in [6.07, 6.45) is 1.17. The van der Waals surface area contributed by atoms with Gasteiger partial charge < -0.3 is 4.74 Å². The summed E-state index contributed by atoms with van der Waals surface area (Å²) in [5.74, 6) is -1.79. The number of ether oxygens (including phenoxy) is 1. The molecule has 2 nitrogen and oxygen atoms in total. The molecule has 0 rings (SSSR count). The average molecular weight is 226 g/mol. The third-order valence-electron chi connectivity index (χ3n) is 1.50. The molecule has 0 bridgehead atoms. The summed E-state index contributed by atoms with van der Waals surface area (Å²) in [5, 5.41) is 0. The molecule has 84 valence electrons. The van der Waals surface area contributed by atoms with Crippen LogP contribution in [0.4, 0.5) is 8.78 Å². The van der Waals surface area contributed by atoms with E-state index in [1.807, 2.05) is 0 Å². The highest BCUT2D eigenvalue weighted by Gasteiger charge is 2.19. The molecule has 0 heterocycles. The van der Waals surface area contributed by atoms with Crippen molar-refractivity contribution in [3.63, 3.8) is 0 Å². The van der Waals surface area contributed by atoms with Gasteiger partial charge in [0.15, 0.2) is 0 Å². The highest BCUT2D eigenvalue weighted by Crippen LogP contribution is 2.20. The predicted octanol–water partition coefficient (Wildman–Crippen LogP) is 3.07. The second-order valence-corrected chi connectivity index (χ2v) is 4.24. The largest absolute Gasteiger partial charge is 0.455 e. The molecular formula is C9H16F2O2S. The number of esters is 1. The van der Waals surface area contributed by atoms with E-state index in [1.54, 1.807) is 0 Å². The first-order valence-corrected chi connectivity index (χ1v) is 5.66. The van der Waals surface area contributed by atoms with Gasteiger partial charge in [0.05, 0.1) is 0 Å². The first-order valence-electron chi connectivity index (χ1n) is 4.51. The van der Waals surface area contributed by atoms with Crippen molar-refractivity contribution >= 4 is 17.7 Å². The Kier molecular flexibility index (Phi) is 6.87. The minimum absolute atomic E-state index is 0.0683. The second kappa shape index (κ2) is 7.04. The maximum Gasteiger partial charge on any atom is 0.303 e. The van der Waals surface area contributed by atoms with Crippen molar-refractivity contribution in [2.75, 3.05) is 11.7 Å². The van der Waals surface area contributed by atoms with Crippen LogP contribution in [-0.2, 0) is 9.53 Å². The zero-order chi connectivity index (χ0) is 11.0. The number of alkyl halides is 2. The highest BCUT2D eigenvalue weighted by molar-refractivity contribution is 7.99. The predicted molar refractivity (Wildman–Crippen MR) is 53.6 cm³/mol. The van der Waals surface area contributed by atoms with E-state index in [9.17, 15) is 13.6 Å². The van der Waals surface area contributed by atoms with Crippen LogP contribution in [0.2, 0.25) is 0 Å². The van der Waals surface area contributed by atoms with Crippen LogP contribution in [0.1, 0.15) is 33.1 Å². The molecule has 0 aliphatic heterocycles. The van der Waals surface area contributed by atoms with E-state index in [1.165, 1.54) is 18.7 Å². The number of rotatable bonds is 7. The van der Waals surface area contributed by atoms with Gasteiger partial charge in [-0.2, -0.15) is 0 Å². The SMILES string of the molecule is CC(=O)OCSCCCCC(C)(F)F. The van der Waals surface area contributed by atoms with Crippen LogP contribution in [0.5, 0.6) is 0 Å². The van der Waals surface area contributed by atoms with Gasteiger partial charge in [0, 0.05) is 13.3 Å². The smallest absolute Gasteiger partial charge is 0.303 e. The number of unbranched alkanes of at least 4 members (excludes halogenated alkanes) is 1. The molecule has 0 amide bonds. The van der Waals surface area contributed by atoms with Gasteiger partial charge in [-0.25, -0.2) is 8.78 Å². The fourth-order valence-electron chi connectivity index (χ4n) is 0.823. The highest BCUT2D eigenvalue weighted by atomic mass is 32.2. The molecule has 0 aromatic carbocycles. The van der Waals surface area contributed by atoms with Gasteiger partial charge in [0.25, 0.3) is 0 Å². The van der Waals surface area contributed by atoms with Crippen LogP contribution in [0.25, 0.3) is 0 Å². The number of hydrogen-bond donors (Lipinski definition) is 0. The summed E-state index contributed by atoms with van der Waals surface area (Å²) in [6, 6.07) is 0. The van der Waals surface area contributed by atoms with Gasteiger partial charge >= 0.3 is 5.97 Å². The van der Waals surface area contributed by atoms with E-state index in [0.29, 0.717) is 12.4 Å². The summed E-state index contributed by atoms with van der Waals surface area (Å²) in [6.45, 7) is 2.28. The lowest BCUT2D eigenvalue weighted by Gasteiger charge is -2.08. The number of halogens is 2. The van der Waals surface area contributed by atoms with Gasteiger partial charge in [0.2, 0.25) is 5.92 Å². The maximum atomic E-state index is 12.3.